The van der Waals surface area contributed by atoms with Gasteiger partial charge in [-0.05, 0) is 12.8 Å². The quantitative estimate of drug-likeness (QED) is 0.700. The molecular formula is C12H18N2O4. The normalized spacial score (nSPS) is 28.7. The molecule has 18 heavy (non-hydrogen) atoms. The maximum atomic E-state index is 12.4. The molecule has 0 aromatic rings. The van der Waals surface area contributed by atoms with Crippen LogP contribution >= 0.6 is 0 Å². The van der Waals surface area contributed by atoms with Gasteiger partial charge < -0.3 is 10.1 Å². The molecule has 0 aromatic heterocycles. The average Bonchev–Trinajstić information content (AvgIpc) is 2.37. The summed E-state index contributed by atoms with van der Waals surface area (Å²) in [4.78, 5) is 36.7. The van der Waals surface area contributed by atoms with Crippen LogP contribution in [0.5, 0.6) is 0 Å². The third-order valence-electron chi connectivity index (χ3n) is 3.79. The van der Waals surface area contributed by atoms with Gasteiger partial charge in [0.1, 0.15) is 0 Å². The molecular weight excluding hydrogens is 236 g/mol. The molecule has 1 N–H and O–H groups in total. The van der Waals surface area contributed by atoms with Crippen LogP contribution in [0, 0.1) is 5.41 Å². The number of hydrogen-bond donors (Lipinski definition) is 1. The summed E-state index contributed by atoms with van der Waals surface area (Å²) in [5.74, 6) is -0.316. The van der Waals surface area contributed by atoms with E-state index in [0.717, 1.165) is 0 Å². The highest BCUT2D eigenvalue weighted by molar-refractivity contribution is 6.01. The summed E-state index contributed by atoms with van der Waals surface area (Å²) in [6, 6.07) is 0. The second-order valence-corrected chi connectivity index (χ2v) is 4.90. The molecule has 2 aliphatic heterocycles. The van der Waals surface area contributed by atoms with Crippen LogP contribution in [0.3, 0.4) is 0 Å². The first kappa shape index (κ1) is 13.0. The molecule has 1 atom stereocenters. The number of ether oxygens (including phenoxy) is 1. The average molecular weight is 254 g/mol. The number of nitrogens with one attached hydrogen (secondary N) is 1. The fraction of sp³-hybridized carbons (Fsp3) is 0.750. The molecule has 2 saturated heterocycles. The second-order valence-electron chi connectivity index (χ2n) is 4.90. The maximum Gasteiger partial charge on any atom is 0.237 e. The Bertz CT molecular complexity index is 365. The molecule has 6 nitrogen and oxygen atoms in total. The summed E-state index contributed by atoms with van der Waals surface area (Å²) < 4.78 is 4.92. The number of likely N-dealkylation sites (tertiary alicyclic amines) is 1. The van der Waals surface area contributed by atoms with Crippen LogP contribution in [0.25, 0.3) is 0 Å². The Morgan fingerprint density at radius 3 is 2.61 bits per heavy atom. The largest absolute Gasteiger partial charge is 0.383 e. The van der Waals surface area contributed by atoms with Gasteiger partial charge in [-0.1, -0.05) is 0 Å². The zero-order valence-electron chi connectivity index (χ0n) is 10.5. The number of carbonyl (C=O) groups is 3. The SMILES string of the molecule is COCCN1C(=O)CC[C@]2(CCC(=O)NC2)C1=O. The van der Waals surface area contributed by atoms with E-state index in [2.05, 4.69) is 5.32 Å². The van der Waals surface area contributed by atoms with Crippen molar-refractivity contribution in [3.05, 3.63) is 0 Å². The van der Waals surface area contributed by atoms with Gasteiger partial charge in [0, 0.05) is 26.5 Å². The van der Waals surface area contributed by atoms with E-state index in [1.807, 2.05) is 0 Å². The standard InChI is InChI=1S/C12H18N2O4/c1-18-7-6-14-10(16)3-5-12(11(14)17)4-2-9(15)13-8-12/h2-8H2,1H3,(H,13,15)/t12-/m0/s1. The van der Waals surface area contributed by atoms with Gasteiger partial charge >= 0.3 is 0 Å². The first-order chi connectivity index (χ1) is 8.59. The molecule has 0 bridgehead atoms. The van der Waals surface area contributed by atoms with Crippen molar-refractivity contribution < 1.29 is 19.1 Å². The molecule has 0 saturated carbocycles. The third kappa shape index (κ3) is 2.25. The Morgan fingerprint density at radius 2 is 2.00 bits per heavy atom. The molecule has 0 unspecified atom stereocenters. The molecule has 2 rings (SSSR count). The van der Waals surface area contributed by atoms with Crippen molar-refractivity contribution in [1.82, 2.24) is 10.2 Å². The van der Waals surface area contributed by atoms with Gasteiger partial charge in [-0.3, -0.25) is 19.3 Å². The number of methoxy groups -OCH3 is 1. The van der Waals surface area contributed by atoms with Gasteiger partial charge in [-0.25, -0.2) is 0 Å². The Hall–Kier alpha value is -1.43. The van der Waals surface area contributed by atoms with Crippen LogP contribution in [0.2, 0.25) is 0 Å². The molecule has 100 valence electrons. The zero-order chi connectivity index (χ0) is 13.2. The topological polar surface area (TPSA) is 75.7 Å². The summed E-state index contributed by atoms with van der Waals surface area (Å²) in [7, 11) is 1.54. The van der Waals surface area contributed by atoms with E-state index in [-0.39, 0.29) is 17.7 Å². The fourth-order valence-electron chi connectivity index (χ4n) is 2.59. The Morgan fingerprint density at radius 1 is 1.28 bits per heavy atom. The summed E-state index contributed by atoms with van der Waals surface area (Å²) in [5.41, 5.74) is -0.574. The number of rotatable bonds is 3. The van der Waals surface area contributed by atoms with E-state index in [4.69, 9.17) is 4.74 Å². The molecule has 2 aliphatic rings. The lowest BCUT2D eigenvalue weighted by Gasteiger charge is -2.42. The first-order valence-electron chi connectivity index (χ1n) is 6.19. The predicted molar refractivity (Wildman–Crippen MR) is 62.5 cm³/mol. The van der Waals surface area contributed by atoms with E-state index in [1.54, 1.807) is 0 Å². The maximum absolute atomic E-state index is 12.4. The van der Waals surface area contributed by atoms with Crippen molar-refractivity contribution in [2.75, 3.05) is 26.8 Å². The van der Waals surface area contributed by atoms with Crippen LogP contribution in [0.1, 0.15) is 25.7 Å². The molecule has 6 heteroatoms. The van der Waals surface area contributed by atoms with Crippen molar-refractivity contribution >= 4 is 17.7 Å². The summed E-state index contributed by atoms with van der Waals surface area (Å²) in [6.45, 7) is 0.991. The lowest BCUT2D eigenvalue weighted by atomic mass is 9.73. The van der Waals surface area contributed by atoms with Crippen LogP contribution in [-0.2, 0) is 19.1 Å². The van der Waals surface area contributed by atoms with Gasteiger partial charge in [0.2, 0.25) is 17.7 Å². The van der Waals surface area contributed by atoms with Crippen molar-refractivity contribution in [3.63, 3.8) is 0 Å². The monoisotopic (exact) mass is 254 g/mol. The van der Waals surface area contributed by atoms with Crippen molar-refractivity contribution in [3.8, 4) is 0 Å². The molecule has 0 aromatic carbocycles. The minimum Gasteiger partial charge on any atom is -0.383 e. The highest BCUT2D eigenvalue weighted by Crippen LogP contribution is 2.37. The lowest BCUT2D eigenvalue weighted by molar-refractivity contribution is -0.160. The molecule has 2 fully saturated rings. The van der Waals surface area contributed by atoms with Gasteiger partial charge in [0.15, 0.2) is 0 Å². The van der Waals surface area contributed by atoms with Gasteiger partial charge in [-0.2, -0.15) is 0 Å². The van der Waals surface area contributed by atoms with Crippen LogP contribution in [-0.4, -0.2) is 49.4 Å². The third-order valence-corrected chi connectivity index (χ3v) is 3.79. The lowest BCUT2D eigenvalue weighted by Crippen LogP contribution is -2.58. The number of imide groups is 1. The summed E-state index contributed by atoms with van der Waals surface area (Å²) >= 11 is 0. The van der Waals surface area contributed by atoms with E-state index in [0.29, 0.717) is 45.4 Å². The Labute approximate surface area is 106 Å². The van der Waals surface area contributed by atoms with Crippen molar-refractivity contribution in [2.24, 2.45) is 5.41 Å². The molecule has 0 radical (unpaired) electrons. The van der Waals surface area contributed by atoms with Gasteiger partial charge in [0.05, 0.1) is 18.6 Å². The highest BCUT2D eigenvalue weighted by Gasteiger charge is 2.48. The van der Waals surface area contributed by atoms with Gasteiger partial charge in [-0.15, -0.1) is 0 Å². The zero-order valence-corrected chi connectivity index (χ0v) is 10.5. The summed E-state index contributed by atoms with van der Waals surface area (Å²) in [6.07, 6.45) is 1.80. The number of hydrogen-bond acceptors (Lipinski definition) is 4. The minimum absolute atomic E-state index is 0.0197. The molecule has 3 amide bonds. The van der Waals surface area contributed by atoms with Gasteiger partial charge in [0.25, 0.3) is 0 Å². The van der Waals surface area contributed by atoms with E-state index < -0.39 is 5.41 Å². The number of nitrogens with zero attached hydrogens (tertiary/aromatic N) is 1. The molecule has 1 spiro atoms. The predicted octanol–water partition coefficient (Wildman–Crippen LogP) is -0.322. The Kier molecular flexibility index (Phi) is 3.65. The molecule has 2 heterocycles. The molecule has 0 aliphatic carbocycles. The highest BCUT2D eigenvalue weighted by atomic mass is 16.5. The second kappa shape index (κ2) is 5.06. The Balaban J connectivity index is 2.11. The van der Waals surface area contributed by atoms with E-state index in [9.17, 15) is 14.4 Å². The van der Waals surface area contributed by atoms with Crippen LogP contribution in [0.15, 0.2) is 0 Å². The number of amides is 3. The van der Waals surface area contributed by atoms with Crippen LogP contribution in [0.4, 0.5) is 0 Å². The number of carbonyl (C=O) groups excluding carboxylic acids is 3. The fourth-order valence-corrected chi connectivity index (χ4v) is 2.59. The number of piperidine rings is 2. The van der Waals surface area contributed by atoms with Crippen LogP contribution < -0.4 is 5.32 Å². The van der Waals surface area contributed by atoms with Crippen molar-refractivity contribution in [1.29, 1.82) is 0 Å². The van der Waals surface area contributed by atoms with E-state index >= 15 is 0 Å². The van der Waals surface area contributed by atoms with Crippen molar-refractivity contribution in [2.45, 2.75) is 25.7 Å². The smallest absolute Gasteiger partial charge is 0.237 e. The first-order valence-corrected chi connectivity index (χ1v) is 6.19. The van der Waals surface area contributed by atoms with E-state index in [1.165, 1.54) is 12.0 Å². The minimum atomic E-state index is -0.574. The summed E-state index contributed by atoms with van der Waals surface area (Å²) in [5, 5.41) is 2.74.